The van der Waals surface area contributed by atoms with Crippen LogP contribution in [0.15, 0.2) is 24.4 Å². The molecule has 0 fully saturated rings. The maximum atomic E-state index is 12.1. The number of hydrogen-bond acceptors (Lipinski definition) is 4. The van der Waals surface area contributed by atoms with Crippen molar-refractivity contribution in [2.75, 3.05) is 5.73 Å². The lowest BCUT2D eigenvalue weighted by Crippen LogP contribution is -2.08. The largest absolute Gasteiger partial charge is 0.476 e. The Kier molecular flexibility index (Phi) is 4.92. The first-order valence-corrected chi connectivity index (χ1v) is 5.31. The number of aromatic nitrogens is 3. The van der Waals surface area contributed by atoms with E-state index in [1.165, 1.54) is 6.07 Å². The Morgan fingerprint density at radius 3 is 2.40 bits per heavy atom. The van der Waals surface area contributed by atoms with Gasteiger partial charge in [0, 0.05) is 10.7 Å². The predicted octanol–water partition coefficient (Wildman–Crippen LogP) is 2.44. The molecule has 6 nitrogen and oxygen atoms in total. The van der Waals surface area contributed by atoms with Gasteiger partial charge in [-0.2, -0.15) is 23.5 Å². The molecule has 2 aromatic rings. The smallest absolute Gasteiger partial charge is 0.418 e. The highest BCUT2D eigenvalue weighted by Gasteiger charge is 2.32. The van der Waals surface area contributed by atoms with Gasteiger partial charge in [0.15, 0.2) is 5.69 Å². The number of carbonyl (C=O) groups is 1. The highest BCUT2D eigenvalue weighted by molar-refractivity contribution is 6.30. The molecule has 4 N–H and O–H groups in total. The third kappa shape index (κ3) is 4.43. The first-order valence-electron chi connectivity index (χ1n) is 4.93. The molecule has 1 aromatic heterocycles. The summed E-state index contributed by atoms with van der Waals surface area (Å²) in [6.07, 6.45) is -3.29. The monoisotopic (exact) mass is 308 g/mol. The van der Waals surface area contributed by atoms with Crippen LogP contribution in [0.5, 0.6) is 0 Å². The molecule has 0 spiro atoms. The number of nitrogens with one attached hydrogen (secondary N) is 1. The Hall–Kier alpha value is -2.29. The van der Waals surface area contributed by atoms with Crippen LogP contribution in [0.2, 0.25) is 5.02 Å². The van der Waals surface area contributed by atoms with E-state index in [1.807, 2.05) is 0 Å². The molecule has 0 aliphatic carbocycles. The Morgan fingerprint density at radius 2 is 2.05 bits per heavy atom. The van der Waals surface area contributed by atoms with Gasteiger partial charge in [-0.05, 0) is 18.2 Å². The van der Waals surface area contributed by atoms with Gasteiger partial charge in [0.2, 0.25) is 0 Å². The molecule has 1 heterocycles. The van der Waals surface area contributed by atoms with Crippen LogP contribution in [0.25, 0.3) is 0 Å². The number of nitrogens with zero attached hydrogens (tertiary/aromatic N) is 2. The second kappa shape index (κ2) is 6.24. The van der Waals surface area contributed by atoms with E-state index < -0.39 is 17.7 Å². The number of aromatic amines is 1. The Balaban J connectivity index is 0.000000217. The Bertz CT molecular complexity index is 587. The average molecular weight is 309 g/mol. The van der Waals surface area contributed by atoms with Crippen molar-refractivity contribution in [3.63, 3.8) is 0 Å². The summed E-state index contributed by atoms with van der Waals surface area (Å²) in [6.45, 7) is 0. The van der Waals surface area contributed by atoms with Crippen LogP contribution >= 0.6 is 11.6 Å². The minimum absolute atomic E-state index is 0.0246. The van der Waals surface area contributed by atoms with Crippen molar-refractivity contribution in [2.24, 2.45) is 0 Å². The number of aromatic carboxylic acids is 1. The number of anilines is 1. The Morgan fingerprint density at radius 1 is 1.40 bits per heavy atom. The van der Waals surface area contributed by atoms with Gasteiger partial charge in [-0.15, -0.1) is 5.10 Å². The zero-order valence-corrected chi connectivity index (χ0v) is 10.4. The summed E-state index contributed by atoms with van der Waals surface area (Å²) in [5, 5.41) is 16.9. The maximum Gasteiger partial charge on any atom is 0.418 e. The summed E-state index contributed by atoms with van der Waals surface area (Å²) in [5.74, 6) is -1.07. The molecular formula is C10H8ClF3N4O2. The van der Waals surface area contributed by atoms with Crippen LogP contribution in [0.3, 0.4) is 0 Å². The van der Waals surface area contributed by atoms with Crippen molar-refractivity contribution in [3.05, 3.63) is 40.7 Å². The highest BCUT2D eigenvalue weighted by Crippen LogP contribution is 2.34. The quantitative estimate of drug-likeness (QED) is 0.702. The van der Waals surface area contributed by atoms with Crippen LogP contribution < -0.4 is 5.73 Å². The molecule has 10 heteroatoms. The molecule has 0 bridgehead atoms. The molecule has 0 saturated heterocycles. The summed E-state index contributed by atoms with van der Waals surface area (Å²) in [4.78, 5) is 9.94. The second-order valence-electron chi connectivity index (χ2n) is 3.39. The second-order valence-corrected chi connectivity index (χ2v) is 3.83. The molecule has 2 rings (SSSR count). The average Bonchev–Trinajstić information content (AvgIpc) is 2.85. The van der Waals surface area contributed by atoms with Crippen molar-refractivity contribution in [1.29, 1.82) is 0 Å². The number of hydrogen-bond donors (Lipinski definition) is 3. The number of nitrogens with two attached hydrogens (primary N) is 1. The molecule has 0 atom stereocenters. The summed E-state index contributed by atoms with van der Waals surface area (Å²) in [5.41, 5.74) is 3.83. The number of H-pyrrole nitrogens is 1. The third-order valence-corrected chi connectivity index (χ3v) is 2.19. The number of halogens is 4. The van der Waals surface area contributed by atoms with Crippen molar-refractivity contribution in [2.45, 2.75) is 6.18 Å². The lowest BCUT2D eigenvalue weighted by atomic mass is 10.2. The van der Waals surface area contributed by atoms with Crippen molar-refractivity contribution >= 4 is 23.3 Å². The van der Waals surface area contributed by atoms with Crippen LogP contribution in [0.1, 0.15) is 16.1 Å². The summed E-state index contributed by atoms with van der Waals surface area (Å²) >= 11 is 5.37. The van der Waals surface area contributed by atoms with Gasteiger partial charge in [0.05, 0.1) is 11.8 Å². The first kappa shape index (κ1) is 15.8. The normalized spacial score (nSPS) is 10.6. The fraction of sp³-hybridized carbons (Fsp3) is 0.100. The number of alkyl halides is 3. The first-order chi connectivity index (χ1) is 9.21. The molecule has 0 amide bonds. The molecule has 0 radical (unpaired) electrons. The molecule has 0 unspecified atom stereocenters. The van der Waals surface area contributed by atoms with E-state index in [9.17, 15) is 18.0 Å². The molecular weight excluding hydrogens is 301 g/mol. The number of carboxylic acids is 1. The van der Waals surface area contributed by atoms with E-state index >= 15 is 0 Å². The third-order valence-electron chi connectivity index (χ3n) is 1.95. The van der Waals surface area contributed by atoms with Gasteiger partial charge >= 0.3 is 12.1 Å². The van der Waals surface area contributed by atoms with Crippen LogP contribution in [-0.2, 0) is 6.18 Å². The number of nitrogen functional groups attached to an aromatic ring is 1. The SMILES string of the molecule is Nc1ccc(Cl)cc1C(F)(F)F.O=C(O)c1cn[nH]n1. The van der Waals surface area contributed by atoms with Gasteiger partial charge < -0.3 is 10.8 Å². The van der Waals surface area contributed by atoms with Crippen LogP contribution in [-0.4, -0.2) is 26.5 Å². The summed E-state index contributed by atoms with van der Waals surface area (Å²) < 4.78 is 36.3. The van der Waals surface area contributed by atoms with Crippen LogP contribution in [0, 0.1) is 0 Å². The molecule has 0 aliphatic rings. The minimum Gasteiger partial charge on any atom is -0.476 e. The van der Waals surface area contributed by atoms with Gasteiger partial charge in [0.1, 0.15) is 0 Å². The topological polar surface area (TPSA) is 105 Å². The van der Waals surface area contributed by atoms with Crippen molar-refractivity contribution in [1.82, 2.24) is 15.4 Å². The fourth-order valence-corrected chi connectivity index (χ4v) is 1.25. The molecule has 0 aliphatic heterocycles. The summed E-state index contributed by atoms with van der Waals surface area (Å²) in [7, 11) is 0. The minimum atomic E-state index is -4.44. The van der Waals surface area contributed by atoms with E-state index in [0.717, 1.165) is 18.3 Å². The van der Waals surface area contributed by atoms with Gasteiger partial charge in [-0.1, -0.05) is 11.6 Å². The van der Waals surface area contributed by atoms with E-state index in [2.05, 4.69) is 15.4 Å². The van der Waals surface area contributed by atoms with Crippen LogP contribution in [0.4, 0.5) is 18.9 Å². The molecule has 1 aromatic carbocycles. The standard InChI is InChI=1S/C7H5ClF3N.C3H3N3O2/c8-4-1-2-6(12)5(3-4)7(9,10)11;7-3(8)2-1-4-6-5-2/h1-3H,12H2;1H,(H,7,8)(H,4,5,6). The lowest BCUT2D eigenvalue weighted by Gasteiger charge is -2.09. The van der Waals surface area contributed by atoms with E-state index in [-0.39, 0.29) is 16.4 Å². The summed E-state index contributed by atoms with van der Waals surface area (Å²) in [6, 6.07) is 3.24. The van der Waals surface area contributed by atoms with Gasteiger partial charge in [-0.3, -0.25) is 0 Å². The van der Waals surface area contributed by atoms with Gasteiger partial charge in [-0.25, -0.2) is 4.79 Å². The number of benzene rings is 1. The number of carboxylic acid groups (broad SMARTS) is 1. The van der Waals surface area contributed by atoms with Gasteiger partial charge in [0.25, 0.3) is 0 Å². The molecule has 0 saturated carbocycles. The van der Waals surface area contributed by atoms with E-state index in [4.69, 9.17) is 22.4 Å². The lowest BCUT2D eigenvalue weighted by molar-refractivity contribution is -0.136. The fourth-order valence-electron chi connectivity index (χ4n) is 1.08. The van der Waals surface area contributed by atoms with Crippen molar-refractivity contribution in [3.8, 4) is 0 Å². The zero-order valence-electron chi connectivity index (χ0n) is 9.65. The van der Waals surface area contributed by atoms with E-state index in [1.54, 1.807) is 0 Å². The maximum absolute atomic E-state index is 12.1. The van der Waals surface area contributed by atoms with Crippen molar-refractivity contribution < 1.29 is 23.1 Å². The Labute approximate surface area is 115 Å². The molecule has 108 valence electrons. The predicted molar refractivity (Wildman–Crippen MR) is 64.2 cm³/mol. The zero-order chi connectivity index (χ0) is 15.3. The molecule has 20 heavy (non-hydrogen) atoms. The highest BCUT2D eigenvalue weighted by atomic mass is 35.5. The van der Waals surface area contributed by atoms with E-state index in [0.29, 0.717) is 0 Å². The number of rotatable bonds is 1.